The van der Waals surface area contributed by atoms with Crippen molar-refractivity contribution in [2.24, 2.45) is 10.3 Å². The van der Waals surface area contributed by atoms with Crippen LogP contribution in [0.25, 0.3) is 0 Å². The summed E-state index contributed by atoms with van der Waals surface area (Å²) in [6, 6.07) is 16.2. The van der Waals surface area contributed by atoms with Gasteiger partial charge in [0.05, 0.1) is 0 Å². The highest BCUT2D eigenvalue weighted by Crippen LogP contribution is 2.14. The van der Waals surface area contributed by atoms with Crippen molar-refractivity contribution in [1.82, 2.24) is 0 Å². The van der Waals surface area contributed by atoms with Crippen LogP contribution in [0.1, 0.15) is 11.1 Å². The van der Waals surface area contributed by atoms with E-state index < -0.39 is 0 Å². The number of hydrogen-bond donors (Lipinski definition) is 2. The summed E-state index contributed by atoms with van der Waals surface area (Å²) >= 11 is 3.33. The zero-order valence-corrected chi connectivity index (χ0v) is 11.4. The maximum Gasteiger partial charge on any atom is 0.139 e. The van der Waals surface area contributed by atoms with Crippen molar-refractivity contribution >= 4 is 27.4 Å². The maximum atomic E-state index is 9.20. The third kappa shape index (κ3) is 3.00. The van der Waals surface area contributed by atoms with Gasteiger partial charge in [-0.2, -0.15) is 0 Å². The van der Waals surface area contributed by atoms with Crippen molar-refractivity contribution in [3.8, 4) is 0 Å². The van der Waals surface area contributed by atoms with E-state index in [1.54, 1.807) is 24.3 Å². The highest BCUT2D eigenvalue weighted by atomic mass is 79.9. The lowest BCUT2D eigenvalue weighted by Gasteiger charge is -2.07. The zero-order valence-electron chi connectivity index (χ0n) is 9.86. The van der Waals surface area contributed by atoms with Gasteiger partial charge in [-0.15, -0.1) is 0 Å². The molecule has 0 amide bonds. The zero-order chi connectivity index (χ0) is 13.7. The van der Waals surface area contributed by atoms with E-state index in [1.807, 2.05) is 30.3 Å². The van der Waals surface area contributed by atoms with Crippen LogP contribution in [-0.4, -0.2) is 21.8 Å². The minimum atomic E-state index is 0.209. The normalized spacial score (nSPS) is 12.5. The molecule has 5 heteroatoms. The molecule has 0 atom stereocenters. The minimum absolute atomic E-state index is 0.209. The summed E-state index contributed by atoms with van der Waals surface area (Å²) in [4.78, 5) is 0. The molecule has 0 fully saturated rings. The second kappa shape index (κ2) is 6.15. The first-order valence-electron chi connectivity index (χ1n) is 5.52. The number of nitrogens with zero attached hydrogens (tertiary/aromatic N) is 2. The summed E-state index contributed by atoms with van der Waals surface area (Å²) in [5, 5.41) is 24.9. The number of halogens is 1. The monoisotopic (exact) mass is 318 g/mol. The molecule has 0 heterocycles. The van der Waals surface area contributed by atoms with Gasteiger partial charge >= 0.3 is 0 Å². The van der Waals surface area contributed by atoms with Gasteiger partial charge in [0, 0.05) is 15.6 Å². The number of oxime groups is 2. The van der Waals surface area contributed by atoms with Crippen molar-refractivity contribution in [3.63, 3.8) is 0 Å². The molecule has 96 valence electrons. The first-order valence-corrected chi connectivity index (χ1v) is 6.31. The summed E-state index contributed by atoms with van der Waals surface area (Å²) in [6.07, 6.45) is 0. The second-order valence-corrected chi connectivity index (χ2v) is 4.69. The molecule has 2 aromatic rings. The van der Waals surface area contributed by atoms with Crippen molar-refractivity contribution in [2.75, 3.05) is 0 Å². The van der Waals surface area contributed by atoms with E-state index in [2.05, 4.69) is 26.2 Å². The lowest BCUT2D eigenvalue weighted by Crippen LogP contribution is -2.17. The van der Waals surface area contributed by atoms with Gasteiger partial charge in [0.15, 0.2) is 0 Å². The highest BCUT2D eigenvalue weighted by molar-refractivity contribution is 9.10. The Labute approximate surface area is 118 Å². The Morgan fingerprint density at radius 3 is 1.68 bits per heavy atom. The Balaban J connectivity index is 2.45. The van der Waals surface area contributed by atoms with Crippen molar-refractivity contribution in [2.45, 2.75) is 0 Å². The van der Waals surface area contributed by atoms with E-state index in [1.165, 1.54) is 0 Å². The van der Waals surface area contributed by atoms with Crippen LogP contribution >= 0.6 is 15.9 Å². The summed E-state index contributed by atoms with van der Waals surface area (Å²) in [7, 11) is 0. The third-order valence-electron chi connectivity index (χ3n) is 2.59. The first kappa shape index (κ1) is 13.3. The molecule has 2 N–H and O–H groups in total. The quantitative estimate of drug-likeness (QED) is 0.516. The second-order valence-electron chi connectivity index (χ2n) is 3.77. The Morgan fingerprint density at radius 1 is 0.737 bits per heavy atom. The van der Waals surface area contributed by atoms with E-state index >= 15 is 0 Å². The van der Waals surface area contributed by atoms with Crippen LogP contribution in [-0.2, 0) is 0 Å². The summed E-state index contributed by atoms with van der Waals surface area (Å²) in [5.74, 6) is 0. The van der Waals surface area contributed by atoms with Crippen LogP contribution in [0.15, 0.2) is 69.4 Å². The fraction of sp³-hybridized carbons (Fsp3) is 0. The molecular weight excluding hydrogens is 308 g/mol. The predicted octanol–water partition coefficient (Wildman–Crippen LogP) is 3.51. The van der Waals surface area contributed by atoms with Gasteiger partial charge in [-0.05, 0) is 12.1 Å². The summed E-state index contributed by atoms with van der Waals surface area (Å²) in [6.45, 7) is 0. The smallest absolute Gasteiger partial charge is 0.139 e. The van der Waals surface area contributed by atoms with E-state index in [0.29, 0.717) is 11.1 Å². The third-order valence-corrected chi connectivity index (χ3v) is 3.12. The molecule has 0 radical (unpaired) electrons. The molecule has 0 aliphatic carbocycles. The average molecular weight is 319 g/mol. The topological polar surface area (TPSA) is 65.2 Å². The molecule has 0 unspecified atom stereocenters. The molecule has 0 saturated heterocycles. The van der Waals surface area contributed by atoms with Gasteiger partial charge in [-0.1, -0.05) is 68.7 Å². The molecule has 0 saturated carbocycles. The van der Waals surface area contributed by atoms with Crippen molar-refractivity contribution in [3.05, 3.63) is 70.2 Å². The van der Waals surface area contributed by atoms with E-state index in [-0.39, 0.29) is 11.4 Å². The Morgan fingerprint density at radius 2 is 1.21 bits per heavy atom. The number of benzene rings is 2. The standard InChI is InChI=1S/C14H11BrN2O2/c15-12-8-6-11(7-9-12)14(17-19)13(16-18)10-4-2-1-3-5-10/h1-9,18-19H/b16-13-,17-14+. The largest absolute Gasteiger partial charge is 0.410 e. The molecule has 0 aromatic heterocycles. The molecule has 2 rings (SSSR count). The average Bonchev–Trinajstić information content (AvgIpc) is 2.47. The predicted molar refractivity (Wildman–Crippen MR) is 77.2 cm³/mol. The Bertz CT molecular complexity index is 607. The lowest BCUT2D eigenvalue weighted by molar-refractivity contribution is 0.314. The molecule has 0 spiro atoms. The van der Waals surface area contributed by atoms with E-state index in [0.717, 1.165) is 4.47 Å². The van der Waals surface area contributed by atoms with Gasteiger partial charge in [-0.3, -0.25) is 0 Å². The molecule has 4 nitrogen and oxygen atoms in total. The number of hydrogen-bond acceptors (Lipinski definition) is 4. The van der Waals surface area contributed by atoms with Crippen molar-refractivity contribution in [1.29, 1.82) is 0 Å². The van der Waals surface area contributed by atoms with Crippen LogP contribution in [0.4, 0.5) is 0 Å². The molecular formula is C14H11BrN2O2. The fourth-order valence-corrected chi connectivity index (χ4v) is 1.95. The maximum absolute atomic E-state index is 9.20. The molecule has 19 heavy (non-hydrogen) atoms. The Kier molecular flexibility index (Phi) is 4.30. The van der Waals surface area contributed by atoms with E-state index in [9.17, 15) is 10.4 Å². The minimum Gasteiger partial charge on any atom is -0.410 e. The van der Waals surface area contributed by atoms with E-state index in [4.69, 9.17) is 0 Å². The molecule has 0 aliphatic heterocycles. The highest BCUT2D eigenvalue weighted by Gasteiger charge is 2.15. The van der Waals surface area contributed by atoms with Gasteiger partial charge in [0.2, 0.25) is 0 Å². The first-order chi connectivity index (χ1) is 9.26. The lowest BCUT2D eigenvalue weighted by atomic mass is 10.00. The van der Waals surface area contributed by atoms with Gasteiger partial charge in [0.25, 0.3) is 0 Å². The fourth-order valence-electron chi connectivity index (χ4n) is 1.69. The summed E-state index contributed by atoms with van der Waals surface area (Å²) < 4.78 is 0.913. The molecule has 0 bridgehead atoms. The van der Waals surface area contributed by atoms with Crippen LogP contribution in [0, 0.1) is 0 Å². The van der Waals surface area contributed by atoms with Crippen molar-refractivity contribution < 1.29 is 10.4 Å². The van der Waals surface area contributed by atoms with Crippen LogP contribution in [0.3, 0.4) is 0 Å². The van der Waals surface area contributed by atoms with Crippen LogP contribution in [0.2, 0.25) is 0 Å². The van der Waals surface area contributed by atoms with Gasteiger partial charge < -0.3 is 10.4 Å². The Hall–Kier alpha value is -2.14. The van der Waals surface area contributed by atoms with Crippen LogP contribution in [0.5, 0.6) is 0 Å². The molecule has 0 aliphatic rings. The SMILES string of the molecule is O/N=C(\C(=N\O)c1ccc(Br)cc1)c1ccccc1. The van der Waals surface area contributed by atoms with Gasteiger partial charge in [-0.25, -0.2) is 0 Å². The van der Waals surface area contributed by atoms with Gasteiger partial charge in [0.1, 0.15) is 11.4 Å². The summed E-state index contributed by atoms with van der Waals surface area (Å²) in [5.41, 5.74) is 1.75. The van der Waals surface area contributed by atoms with Crippen LogP contribution < -0.4 is 0 Å². The number of rotatable bonds is 3. The molecule has 2 aromatic carbocycles.